The van der Waals surface area contributed by atoms with Gasteiger partial charge < -0.3 is 9.84 Å². The summed E-state index contributed by atoms with van der Waals surface area (Å²) in [6.45, 7) is 1.74. The molecule has 0 aliphatic carbocycles. The molecule has 0 heterocycles. The Hall–Kier alpha value is -2.69. The zero-order valence-electron chi connectivity index (χ0n) is 11.5. The number of carboxylic acid groups (broad SMARTS) is 1. The van der Waals surface area contributed by atoms with Crippen LogP contribution in [0.15, 0.2) is 36.4 Å². The number of carboxylic acids is 1. The highest BCUT2D eigenvalue weighted by Crippen LogP contribution is 2.26. The maximum absolute atomic E-state index is 13.9. The molecule has 21 heavy (non-hydrogen) atoms. The molecule has 0 atom stereocenters. The smallest absolute Gasteiger partial charge is 0.340 e. The van der Waals surface area contributed by atoms with Gasteiger partial charge in [0.15, 0.2) is 0 Å². The van der Waals surface area contributed by atoms with E-state index in [0.717, 1.165) is 0 Å². The molecule has 0 spiro atoms. The van der Waals surface area contributed by atoms with E-state index in [1.54, 1.807) is 19.1 Å². The van der Waals surface area contributed by atoms with Crippen molar-refractivity contribution in [2.75, 3.05) is 7.11 Å². The van der Waals surface area contributed by atoms with E-state index < -0.39 is 17.8 Å². The molecule has 0 saturated heterocycles. The van der Waals surface area contributed by atoms with Crippen molar-refractivity contribution < 1.29 is 23.8 Å². The molecule has 2 aromatic rings. The Balaban J connectivity index is 2.46. The second-order valence-corrected chi connectivity index (χ2v) is 4.52. The quantitative estimate of drug-likeness (QED) is 0.880. The van der Waals surface area contributed by atoms with Crippen LogP contribution in [-0.2, 0) is 4.74 Å². The molecule has 0 aromatic heterocycles. The number of methoxy groups -OCH3 is 1. The van der Waals surface area contributed by atoms with Crippen LogP contribution in [0.25, 0.3) is 11.1 Å². The lowest BCUT2D eigenvalue weighted by Crippen LogP contribution is -2.04. The summed E-state index contributed by atoms with van der Waals surface area (Å²) in [4.78, 5) is 22.2. The average Bonchev–Trinajstić information content (AvgIpc) is 2.46. The van der Waals surface area contributed by atoms with Crippen LogP contribution in [-0.4, -0.2) is 24.2 Å². The van der Waals surface area contributed by atoms with E-state index in [2.05, 4.69) is 4.74 Å². The van der Waals surface area contributed by atoms with Crippen molar-refractivity contribution in [3.63, 3.8) is 0 Å². The molecule has 0 aliphatic rings. The minimum Gasteiger partial charge on any atom is -0.478 e. The fourth-order valence-electron chi connectivity index (χ4n) is 2.08. The SMILES string of the molecule is COC(=O)c1ccc(-c2ccc(C(=O)O)cc2C)cc1F. The summed E-state index contributed by atoms with van der Waals surface area (Å²) in [7, 11) is 1.18. The van der Waals surface area contributed by atoms with E-state index in [1.807, 2.05) is 0 Å². The van der Waals surface area contributed by atoms with Gasteiger partial charge in [-0.15, -0.1) is 0 Å². The molecule has 1 N–H and O–H groups in total. The van der Waals surface area contributed by atoms with E-state index in [0.29, 0.717) is 16.7 Å². The number of ether oxygens (including phenoxy) is 1. The van der Waals surface area contributed by atoms with Crippen molar-refractivity contribution >= 4 is 11.9 Å². The van der Waals surface area contributed by atoms with E-state index in [1.165, 1.54) is 31.4 Å². The summed E-state index contributed by atoms with van der Waals surface area (Å²) in [6.07, 6.45) is 0. The van der Waals surface area contributed by atoms with Gasteiger partial charge in [-0.3, -0.25) is 0 Å². The third-order valence-electron chi connectivity index (χ3n) is 3.16. The molecule has 0 amide bonds. The maximum atomic E-state index is 13.9. The van der Waals surface area contributed by atoms with Crippen molar-refractivity contribution in [3.8, 4) is 11.1 Å². The van der Waals surface area contributed by atoms with Crippen LogP contribution in [0.4, 0.5) is 4.39 Å². The first-order chi connectivity index (χ1) is 9.93. The maximum Gasteiger partial charge on any atom is 0.340 e. The van der Waals surface area contributed by atoms with E-state index in [9.17, 15) is 14.0 Å². The highest BCUT2D eigenvalue weighted by Gasteiger charge is 2.14. The minimum atomic E-state index is -1.02. The number of rotatable bonds is 3. The second kappa shape index (κ2) is 5.75. The zero-order chi connectivity index (χ0) is 15.6. The van der Waals surface area contributed by atoms with Crippen molar-refractivity contribution in [2.45, 2.75) is 6.92 Å². The van der Waals surface area contributed by atoms with Gasteiger partial charge in [0.2, 0.25) is 0 Å². The third-order valence-corrected chi connectivity index (χ3v) is 3.16. The molecule has 0 aliphatic heterocycles. The van der Waals surface area contributed by atoms with Gasteiger partial charge in [0.05, 0.1) is 18.2 Å². The van der Waals surface area contributed by atoms with Crippen LogP contribution < -0.4 is 0 Å². The summed E-state index contributed by atoms with van der Waals surface area (Å²) < 4.78 is 18.4. The van der Waals surface area contributed by atoms with Crippen molar-refractivity contribution in [1.82, 2.24) is 0 Å². The molecule has 5 heteroatoms. The molecule has 0 bridgehead atoms. The van der Waals surface area contributed by atoms with Gasteiger partial charge in [-0.05, 0) is 47.9 Å². The summed E-state index contributed by atoms with van der Waals surface area (Å²) in [5.41, 5.74) is 2.01. The number of aryl methyl sites for hydroxylation is 1. The number of aromatic carboxylic acids is 1. The number of esters is 1. The average molecular weight is 288 g/mol. The van der Waals surface area contributed by atoms with Gasteiger partial charge in [0.25, 0.3) is 0 Å². The molecule has 2 aromatic carbocycles. The lowest BCUT2D eigenvalue weighted by atomic mass is 9.97. The van der Waals surface area contributed by atoms with Gasteiger partial charge in [-0.25, -0.2) is 14.0 Å². The Morgan fingerprint density at radius 3 is 2.38 bits per heavy atom. The van der Waals surface area contributed by atoms with Crippen LogP contribution in [0, 0.1) is 12.7 Å². The molecule has 4 nitrogen and oxygen atoms in total. The predicted octanol–water partition coefficient (Wildman–Crippen LogP) is 3.29. The molecule has 0 saturated carbocycles. The van der Waals surface area contributed by atoms with E-state index in [-0.39, 0.29) is 11.1 Å². The van der Waals surface area contributed by atoms with Gasteiger partial charge in [0, 0.05) is 0 Å². The van der Waals surface area contributed by atoms with Crippen LogP contribution in [0.5, 0.6) is 0 Å². The highest BCUT2D eigenvalue weighted by atomic mass is 19.1. The van der Waals surface area contributed by atoms with Gasteiger partial charge >= 0.3 is 11.9 Å². The van der Waals surface area contributed by atoms with Gasteiger partial charge in [-0.1, -0.05) is 12.1 Å². The van der Waals surface area contributed by atoms with Crippen molar-refractivity contribution in [3.05, 3.63) is 58.9 Å². The van der Waals surface area contributed by atoms with Gasteiger partial charge in [0.1, 0.15) is 5.82 Å². The first kappa shape index (κ1) is 14.7. The Labute approximate surface area is 120 Å². The third kappa shape index (κ3) is 2.91. The zero-order valence-corrected chi connectivity index (χ0v) is 11.5. The number of carbonyl (C=O) groups is 2. The van der Waals surface area contributed by atoms with Crippen molar-refractivity contribution in [2.24, 2.45) is 0 Å². The van der Waals surface area contributed by atoms with Crippen LogP contribution in [0.1, 0.15) is 26.3 Å². The number of hydrogen-bond donors (Lipinski definition) is 1. The molecule has 108 valence electrons. The molecule has 2 rings (SSSR count). The van der Waals surface area contributed by atoms with E-state index in [4.69, 9.17) is 5.11 Å². The number of benzene rings is 2. The fourth-order valence-corrected chi connectivity index (χ4v) is 2.08. The monoisotopic (exact) mass is 288 g/mol. The normalized spacial score (nSPS) is 10.2. The first-order valence-corrected chi connectivity index (χ1v) is 6.16. The lowest BCUT2D eigenvalue weighted by Gasteiger charge is -2.09. The molecule has 0 fully saturated rings. The summed E-state index contributed by atoms with van der Waals surface area (Å²) in [5.74, 6) is -2.44. The Morgan fingerprint density at radius 1 is 1.14 bits per heavy atom. The standard InChI is InChI=1S/C16H13FO4/c1-9-7-11(15(18)19)4-5-12(9)10-3-6-13(14(17)8-10)16(20)21-2/h3-8H,1-2H3,(H,18,19). The van der Waals surface area contributed by atoms with E-state index >= 15 is 0 Å². The molecule has 0 radical (unpaired) electrons. The summed E-state index contributed by atoms with van der Waals surface area (Å²) >= 11 is 0. The van der Waals surface area contributed by atoms with Crippen LogP contribution in [0.3, 0.4) is 0 Å². The Kier molecular flexibility index (Phi) is 4.03. The number of hydrogen-bond acceptors (Lipinski definition) is 3. The lowest BCUT2D eigenvalue weighted by molar-refractivity contribution is 0.0594. The summed E-state index contributed by atoms with van der Waals surface area (Å²) in [5, 5.41) is 8.93. The Morgan fingerprint density at radius 2 is 1.86 bits per heavy atom. The molecular weight excluding hydrogens is 275 g/mol. The number of halogens is 1. The predicted molar refractivity (Wildman–Crippen MR) is 74.9 cm³/mol. The molecule has 0 unspecified atom stereocenters. The topological polar surface area (TPSA) is 63.6 Å². The number of carbonyl (C=O) groups excluding carboxylic acids is 1. The van der Waals surface area contributed by atoms with Crippen LogP contribution >= 0.6 is 0 Å². The van der Waals surface area contributed by atoms with Gasteiger partial charge in [-0.2, -0.15) is 0 Å². The second-order valence-electron chi connectivity index (χ2n) is 4.52. The largest absolute Gasteiger partial charge is 0.478 e. The first-order valence-electron chi connectivity index (χ1n) is 6.16. The fraction of sp³-hybridized carbons (Fsp3) is 0.125. The highest BCUT2D eigenvalue weighted by molar-refractivity contribution is 5.91. The van der Waals surface area contributed by atoms with Crippen molar-refractivity contribution in [1.29, 1.82) is 0 Å². The Bertz CT molecular complexity index is 722. The van der Waals surface area contributed by atoms with Crippen LogP contribution in [0.2, 0.25) is 0 Å². The summed E-state index contributed by atoms with van der Waals surface area (Å²) in [6, 6.07) is 8.76. The minimum absolute atomic E-state index is 0.138. The molecular formula is C16H13FO4.